The predicted molar refractivity (Wildman–Crippen MR) is 103 cm³/mol. The molecule has 0 saturated carbocycles. The van der Waals surface area contributed by atoms with Crippen LogP contribution in [0, 0.1) is 13.8 Å². The molecule has 0 spiro atoms. The Morgan fingerprint density at radius 3 is 2.26 bits per heavy atom. The normalized spacial score (nSPS) is 13.0. The number of hydrogen-bond acceptors (Lipinski definition) is 1. The number of amides is 1. The van der Waals surface area contributed by atoms with Crippen LogP contribution in [0.5, 0.6) is 0 Å². The molecule has 2 aromatic carbocycles. The Bertz CT molecular complexity index is 840. The van der Waals surface area contributed by atoms with E-state index in [-0.39, 0.29) is 12.1 Å². The molecule has 0 aliphatic heterocycles. The largest absolute Gasteiger partial charge is 0.399 e. The van der Waals surface area contributed by atoms with Crippen LogP contribution in [-0.4, -0.2) is 12.6 Å². The molecule has 1 unspecified atom stereocenters. The van der Waals surface area contributed by atoms with Gasteiger partial charge in [-0.25, -0.2) is 0 Å². The molecule has 2 rings (SSSR count). The zero-order valence-corrected chi connectivity index (χ0v) is 16.2. The fraction of sp³-hybridized carbons (Fsp3) is 0.250. The number of nitrogens with one attached hydrogen (secondary N) is 1. The minimum atomic E-state index is -4.44. The Kier molecular flexibility index (Phi) is 6.95. The molecule has 0 aliphatic carbocycles. The van der Waals surface area contributed by atoms with Gasteiger partial charge in [-0.15, -0.1) is 0 Å². The summed E-state index contributed by atoms with van der Waals surface area (Å²) in [4.78, 5) is 10.4. The lowest BCUT2D eigenvalue weighted by Gasteiger charge is -2.19. The van der Waals surface area contributed by atoms with Crippen molar-refractivity contribution in [3.63, 3.8) is 0 Å². The van der Waals surface area contributed by atoms with Crippen molar-refractivity contribution in [1.82, 2.24) is 5.32 Å². The third-order valence-corrected chi connectivity index (χ3v) is 5.05. The zero-order valence-electron chi connectivity index (χ0n) is 14.7. The molecule has 0 bridgehead atoms. The highest BCUT2D eigenvalue weighted by Gasteiger charge is 2.39. The van der Waals surface area contributed by atoms with E-state index in [1.54, 1.807) is 32.0 Å². The molecule has 2 aromatic rings. The SMILES string of the molecule is Cc1cc(C(/C=C/c2ccc(CNC=O)c(Cl)c2)C(F)(F)F)cc(C)c1Cl. The van der Waals surface area contributed by atoms with E-state index >= 15 is 0 Å². The minimum Gasteiger partial charge on any atom is -0.355 e. The van der Waals surface area contributed by atoms with Gasteiger partial charge >= 0.3 is 6.18 Å². The molecule has 1 N–H and O–H groups in total. The van der Waals surface area contributed by atoms with Crippen molar-refractivity contribution in [3.8, 4) is 0 Å². The summed E-state index contributed by atoms with van der Waals surface area (Å²) in [6, 6.07) is 7.79. The molecule has 0 radical (unpaired) electrons. The molecule has 1 atom stereocenters. The fourth-order valence-electron chi connectivity index (χ4n) is 2.74. The van der Waals surface area contributed by atoms with E-state index in [2.05, 4.69) is 5.32 Å². The number of hydrogen-bond donors (Lipinski definition) is 1. The van der Waals surface area contributed by atoms with Crippen LogP contribution in [0.2, 0.25) is 10.0 Å². The van der Waals surface area contributed by atoms with Gasteiger partial charge in [0.2, 0.25) is 6.41 Å². The summed E-state index contributed by atoms with van der Waals surface area (Å²) in [5.74, 6) is -1.76. The zero-order chi connectivity index (χ0) is 20.2. The second-order valence-corrected chi connectivity index (χ2v) is 6.98. The van der Waals surface area contributed by atoms with Crippen molar-refractivity contribution in [3.05, 3.63) is 74.3 Å². The first-order valence-electron chi connectivity index (χ1n) is 8.10. The second kappa shape index (κ2) is 8.81. The molecule has 0 fully saturated rings. The highest BCUT2D eigenvalue weighted by atomic mass is 35.5. The van der Waals surface area contributed by atoms with Gasteiger partial charge in [-0.05, 0) is 47.7 Å². The Morgan fingerprint density at radius 1 is 1.11 bits per heavy atom. The van der Waals surface area contributed by atoms with Crippen molar-refractivity contribution in [1.29, 1.82) is 0 Å². The number of benzene rings is 2. The lowest BCUT2D eigenvalue weighted by molar-refractivity contribution is -0.139. The van der Waals surface area contributed by atoms with Crippen molar-refractivity contribution in [2.24, 2.45) is 0 Å². The van der Waals surface area contributed by atoms with E-state index in [1.165, 1.54) is 18.2 Å². The summed E-state index contributed by atoms with van der Waals surface area (Å²) in [7, 11) is 0. The van der Waals surface area contributed by atoms with E-state index in [9.17, 15) is 18.0 Å². The Labute approximate surface area is 166 Å². The van der Waals surface area contributed by atoms with Crippen LogP contribution in [0.15, 0.2) is 36.4 Å². The van der Waals surface area contributed by atoms with Crippen LogP contribution >= 0.6 is 23.2 Å². The van der Waals surface area contributed by atoms with Crippen molar-refractivity contribution >= 4 is 35.7 Å². The van der Waals surface area contributed by atoms with Crippen LogP contribution < -0.4 is 5.32 Å². The summed E-state index contributed by atoms with van der Waals surface area (Å²) >= 11 is 12.2. The van der Waals surface area contributed by atoms with E-state index in [0.717, 1.165) is 6.08 Å². The average molecular weight is 416 g/mol. The van der Waals surface area contributed by atoms with Gasteiger partial charge in [-0.1, -0.05) is 59.6 Å². The monoisotopic (exact) mass is 415 g/mol. The van der Waals surface area contributed by atoms with E-state index < -0.39 is 12.1 Å². The molecule has 0 aromatic heterocycles. The van der Waals surface area contributed by atoms with Gasteiger partial charge in [0.15, 0.2) is 0 Å². The molecular formula is C20H18Cl2F3NO. The molecule has 27 heavy (non-hydrogen) atoms. The summed E-state index contributed by atoms with van der Waals surface area (Å²) in [5, 5.41) is 3.33. The highest BCUT2D eigenvalue weighted by molar-refractivity contribution is 6.32. The quantitative estimate of drug-likeness (QED) is 0.557. The number of alkyl halides is 3. The lowest BCUT2D eigenvalue weighted by atomic mass is 9.94. The molecule has 7 heteroatoms. The smallest absolute Gasteiger partial charge is 0.355 e. The van der Waals surface area contributed by atoms with E-state index in [0.29, 0.717) is 38.7 Å². The lowest BCUT2D eigenvalue weighted by Crippen LogP contribution is -2.19. The van der Waals surface area contributed by atoms with Crippen LogP contribution in [0.1, 0.15) is 33.7 Å². The predicted octanol–water partition coefficient (Wildman–Crippen LogP) is 6.22. The van der Waals surface area contributed by atoms with Crippen molar-refractivity contribution in [2.45, 2.75) is 32.5 Å². The third kappa shape index (κ3) is 5.50. The van der Waals surface area contributed by atoms with Gasteiger partial charge in [0, 0.05) is 16.6 Å². The Balaban J connectivity index is 2.34. The molecule has 0 heterocycles. The van der Waals surface area contributed by atoms with E-state index in [1.807, 2.05) is 0 Å². The topological polar surface area (TPSA) is 29.1 Å². The Morgan fingerprint density at radius 2 is 1.74 bits per heavy atom. The summed E-state index contributed by atoms with van der Waals surface area (Å²) in [6.07, 6.45) is -1.40. The first-order valence-corrected chi connectivity index (χ1v) is 8.86. The number of carbonyl (C=O) groups is 1. The molecule has 144 valence electrons. The Hall–Kier alpha value is -1.98. The van der Waals surface area contributed by atoms with Crippen LogP contribution in [0.3, 0.4) is 0 Å². The fourth-order valence-corrected chi connectivity index (χ4v) is 3.10. The van der Waals surface area contributed by atoms with Gasteiger partial charge in [0.05, 0.1) is 5.92 Å². The molecule has 2 nitrogen and oxygen atoms in total. The maximum absolute atomic E-state index is 13.6. The second-order valence-electron chi connectivity index (χ2n) is 6.20. The number of allylic oxidation sites excluding steroid dienone is 1. The number of aryl methyl sites for hydroxylation is 2. The van der Waals surface area contributed by atoms with Gasteiger partial charge < -0.3 is 5.32 Å². The number of rotatable bonds is 6. The maximum atomic E-state index is 13.6. The molecule has 1 amide bonds. The third-order valence-electron chi connectivity index (χ3n) is 4.10. The van der Waals surface area contributed by atoms with Gasteiger partial charge in [-0.3, -0.25) is 4.79 Å². The van der Waals surface area contributed by atoms with Crippen molar-refractivity contribution < 1.29 is 18.0 Å². The standard InChI is InChI=1S/C20H18Cl2F3NO/c1-12-7-16(8-13(2)19(12)22)17(20(23,24)25)6-4-14-3-5-15(10-26-11-27)18(21)9-14/h3-9,11,17H,10H2,1-2H3,(H,26,27)/b6-4+. The maximum Gasteiger partial charge on any atom is 0.399 e. The minimum absolute atomic E-state index is 0.135. The first-order chi connectivity index (χ1) is 12.6. The van der Waals surface area contributed by atoms with Crippen LogP contribution in [0.25, 0.3) is 6.08 Å². The number of halogens is 5. The van der Waals surface area contributed by atoms with Crippen LogP contribution in [-0.2, 0) is 11.3 Å². The summed E-state index contributed by atoms with van der Waals surface area (Å²) < 4.78 is 40.8. The molecular weight excluding hydrogens is 398 g/mol. The van der Waals surface area contributed by atoms with Gasteiger partial charge in [0.1, 0.15) is 0 Å². The summed E-state index contributed by atoms with van der Waals surface area (Å²) in [6.45, 7) is 3.62. The first kappa shape index (κ1) is 21.3. The highest BCUT2D eigenvalue weighted by Crippen LogP contribution is 2.38. The van der Waals surface area contributed by atoms with E-state index in [4.69, 9.17) is 23.2 Å². The van der Waals surface area contributed by atoms with Gasteiger partial charge in [0.25, 0.3) is 0 Å². The summed E-state index contributed by atoms with van der Waals surface area (Å²) in [5.41, 5.74) is 2.55. The average Bonchev–Trinajstić information content (AvgIpc) is 2.58. The van der Waals surface area contributed by atoms with Gasteiger partial charge in [-0.2, -0.15) is 13.2 Å². The molecule has 0 saturated heterocycles. The van der Waals surface area contributed by atoms with Crippen molar-refractivity contribution in [2.75, 3.05) is 0 Å². The molecule has 0 aliphatic rings. The van der Waals surface area contributed by atoms with Crippen LogP contribution in [0.4, 0.5) is 13.2 Å². The number of carbonyl (C=O) groups excluding carboxylic acids is 1.